The first kappa shape index (κ1) is 14.9. The van der Waals surface area contributed by atoms with Gasteiger partial charge in [-0.3, -0.25) is 0 Å². The number of hydrogen-bond donors (Lipinski definition) is 0. The van der Waals surface area contributed by atoms with Crippen LogP contribution < -0.4 is 9.47 Å². The Morgan fingerprint density at radius 3 is 2.45 bits per heavy atom. The highest BCUT2D eigenvalue weighted by atomic mass is 79.9. The fourth-order valence-electron chi connectivity index (χ4n) is 1.86. The Labute approximate surface area is 126 Å². The summed E-state index contributed by atoms with van der Waals surface area (Å²) in [6.45, 7) is 2.65. The summed E-state index contributed by atoms with van der Waals surface area (Å²) < 4.78 is 24.9. The van der Waals surface area contributed by atoms with E-state index in [1.54, 1.807) is 18.2 Å². The first-order valence-corrected chi connectivity index (χ1v) is 7.55. The highest BCUT2D eigenvalue weighted by Crippen LogP contribution is 2.33. The second-order valence-corrected chi connectivity index (χ2v) is 4.75. The van der Waals surface area contributed by atoms with E-state index >= 15 is 0 Å². The number of hydrogen-bond acceptors (Lipinski definition) is 2. The topological polar surface area (TPSA) is 18.5 Å². The van der Waals surface area contributed by atoms with Gasteiger partial charge >= 0.3 is 0 Å². The third-order valence-electron chi connectivity index (χ3n) is 2.83. The van der Waals surface area contributed by atoms with E-state index in [0.29, 0.717) is 29.0 Å². The maximum Gasteiger partial charge on any atom is 0.165 e. The first-order valence-electron chi connectivity index (χ1n) is 6.43. The van der Waals surface area contributed by atoms with Crippen LogP contribution in [-0.2, 0) is 11.9 Å². The summed E-state index contributed by atoms with van der Waals surface area (Å²) in [4.78, 5) is 0. The van der Waals surface area contributed by atoms with Gasteiger partial charge in [-0.1, -0.05) is 46.3 Å². The molecule has 0 spiro atoms. The van der Waals surface area contributed by atoms with Crippen molar-refractivity contribution in [2.24, 2.45) is 0 Å². The van der Waals surface area contributed by atoms with Crippen LogP contribution in [0.1, 0.15) is 18.1 Å². The first-order chi connectivity index (χ1) is 9.76. The molecular formula is C16H16BrFO2. The standard InChI is InChI=1S/C16H16BrFO2/c1-2-19-15-9-5-7-12(10-17)16(15)20-11-13-6-3-4-8-14(13)18/h3-9H,2,10-11H2,1H3. The molecule has 0 bridgehead atoms. The number of benzene rings is 2. The molecule has 20 heavy (non-hydrogen) atoms. The molecule has 2 aromatic carbocycles. The average Bonchev–Trinajstić information content (AvgIpc) is 2.47. The quantitative estimate of drug-likeness (QED) is 0.711. The maximum absolute atomic E-state index is 13.6. The van der Waals surface area contributed by atoms with Crippen molar-refractivity contribution >= 4 is 15.9 Å². The number of halogens is 2. The van der Waals surface area contributed by atoms with Gasteiger partial charge in [0, 0.05) is 16.5 Å². The highest BCUT2D eigenvalue weighted by Gasteiger charge is 2.11. The van der Waals surface area contributed by atoms with Gasteiger partial charge in [0.25, 0.3) is 0 Å². The molecule has 106 valence electrons. The fourth-order valence-corrected chi connectivity index (χ4v) is 2.31. The fraction of sp³-hybridized carbons (Fsp3) is 0.250. The van der Waals surface area contributed by atoms with E-state index < -0.39 is 0 Å². The summed E-state index contributed by atoms with van der Waals surface area (Å²) in [7, 11) is 0. The minimum absolute atomic E-state index is 0.177. The molecule has 0 saturated carbocycles. The lowest BCUT2D eigenvalue weighted by Crippen LogP contribution is -2.03. The summed E-state index contributed by atoms with van der Waals surface area (Å²) in [5.41, 5.74) is 1.51. The minimum atomic E-state index is -0.262. The molecule has 2 aromatic rings. The van der Waals surface area contributed by atoms with Crippen LogP contribution in [0.2, 0.25) is 0 Å². The lowest BCUT2D eigenvalue weighted by molar-refractivity contribution is 0.264. The molecule has 4 heteroatoms. The van der Waals surface area contributed by atoms with Crippen LogP contribution in [0.15, 0.2) is 42.5 Å². The molecule has 0 amide bonds. The largest absolute Gasteiger partial charge is 0.490 e. The van der Waals surface area contributed by atoms with Crippen molar-refractivity contribution < 1.29 is 13.9 Å². The lowest BCUT2D eigenvalue weighted by atomic mass is 10.2. The average molecular weight is 339 g/mol. The van der Waals surface area contributed by atoms with Gasteiger partial charge in [0.15, 0.2) is 11.5 Å². The minimum Gasteiger partial charge on any atom is -0.490 e. The summed E-state index contributed by atoms with van der Waals surface area (Å²) in [6, 6.07) is 12.3. The van der Waals surface area contributed by atoms with E-state index in [4.69, 9.17) is 9.47 Å². The molecule has 0 aliphatic rings. The van der Waals surface area contributed by atoms with Gasteiger partial charge in [0.1, 0.15) is 12.4 Å². The molecule has 0 heterocycles. The van der Waals surface area contributed by atoms with Crippen LogP contribution in [0.5, 0.6) is 11.5 Å². The Bertz CT molecular complexity index is 572. The molecule has 0 aromatic heterocycles. The molecule has 0 atom stereocenters. The zero-order chi connectivity index (χ0) is 14.4. The lowest BCUT2D eigenvalue weighted by Gasteiger charge is -2.15. The molecule has 0 aliphatic heterocycles. The number of ether oxygens (including phenoxy) is 2. The zero-order valence-corrected chi connectivity index (χ0v) is 12.8. The predicted molar refractivity (Wildman–Crippen MR) is 81.0 cm³/mol. The second kappa shape index (κ2) is 7.29. The van der Waals surface area contributed by atoms with Gasteiger partial charge in [0.2, 0.25) is 0 Å². The van der Waals surface area contributed by atoms with Crippen molar-refractivity contribution in [3.05, 3.63) is 59.4 Å². The maximum atomic E-state index is 13.6. The Kier molecular flexibility index (Phi) is 5.41. The van der Waals surface area contributed by atoms with Gasteiger partial charge in [0.05, 0.1) is 6.61 Å². The van der Waals surface area contributed by atoms with Crippen molar-refractivity contribution in [2.75, 3.05) is 6.61 Å². The molecule has 0 fully saturated rings. The van der Waals surface area contributed by atoms with Crippen molar-refractivity contribution in [2.45, 2.75) is 18.9 Å². The normalized spacial score (nSPS) is 10.3. The van der Waals surface area contributed by atoms with Crippen LogP contribution in [0.25, 0.3) is 0 Å². The van der Waals surface area contributed by atoms with Crippen LogP contribution in [-0.4, -0.2) is 6.61 Å². The van der Waals surface area contributed by atoms with Gasteiger partial charge < -0.3 is 9.47 Å². The van der Waals surface area contributed by atoms with Crippen molar-refractivity contribution in [1.29, 1.82) is 0 Å². The Hall–Kier alpha value is -1.55. The molecule has 0 N–H and O–H groups in total. The highest BCUT2D eigenvalue weighted by molar-refractivity contribution is 9.08. The zero-order valence-electron chi connectivity index (χ0n) is 11.2. The number of alkyl halides is 1. The molecule has 2 nitrogen and oxygen atoms in total. The molecule has 0 radical (unpaired) electrons. The summed E-state index contributed by atoms with van der Waals surface area (Å²) in [6.07, 6.45) is 0. The van der Waals surface area contributed by atoms with E-state index in [1.165, 1.54) is 6.07 Å². The predicted octanol–water partition coefficient (Wildman–Crippen LogP) is 4.70. The number of rotatable bonds is 6. The van der Waals surface area contributed by atoms with Crippen molar-refractivity contribution in [3.8, 4) is 11.5 Å². The Balaban J connectivity index is 2.21. The molecular weight excluding hydrogens is 323 g/mol. The Morgan fingerprint density at radius 2 is 1.75 bits per heavy atom. The molecule has 0 unspecified atom stereocenters. The van der Waals surface area contributed by atoms with E-state index in [-0.39, 0.29) is 12.4 Å². The van der Waals surface area contributed by atoms with E-state index in [0.717, 1.165) is 5.56 Å². The van der Waals surface area contributed by atoms with Gasteiger partial charge in [-0.25, -0.2) is 4.39 Å². The molecule has 0 aliphatic carbocycles. The van der Waals surface area contributed by atoms with Crippen LogP contribution in [0.3, 0.4) is 0 Å². The van der Waals surface area contributed by atoms with E-state index in [9.17, 15) is 4.39 Å². The Morgan fingerprint density at radius 1 is 1.00 bits per heavy atom. The van der Waals surface area contributed by atoms with E-state index in [2.05, 4.69) is 15.9 Å². The summed E-state index contributed by atoms with van der Waals surface area (Å²) >= 11 is 3.42. The van der Waals surface area contributed by atoms with Crippen molar-refractivity contribution in [1.82, 2.24) is 0 Å². The summed E-state index contributed by atoms with van der Waals surface area (Å²) in [5, 5.41) is 0.653. The van der Waals surface area contributed by atoms with Crippen molar-refractivity contribution in [3.63, 3.8) is 0 Å². The monoisotopic (exact) mass is 338 g/mol. The number of para-hydroxylation sites is 1. The van der Waals surface area contributed by atoms with Gasteiger partial charge in [-0.2, -0.15) is 0 Å². The summed E-state index contributed by atoms with van der Waals surface area (Å²) in [5.74, 6) is 1.08. The SMILES string of the molecule is CCOc1cccc(CBr)c1OCc1ccccc1F. The third-order valence-corrected chi connectivity index (χ3v) is 3.44. The van der Waals surface area contributed by atoms with Crippen LogP contribution >= 0.6 is 15.9 Å². The van der Waals surface area contributed by atoms with Gasteiger partial charge in [-0.05, 0) is 19.1 Å². The van der Waals surface area contributed by atoms with Crippen LogP contribution in [0.4, 0.5) is 4.39 Å². The third kappa shape index (κ3) is 3.51. The van der Waals surface area contributed by atoms with Gasteiger partial charge in [-0.15, -0.1) is 0 Å². The van der Waals surface area contributed by atoms with Crippen LogP contribution in [0, 0.1) is 5.82 Å². The molecule has 2 rings (SSSR count). The molecule has 0 saturated heterocycles. The van der Waals surface area contributed by atoms with E-state index in [1.807, 2.05) is 25.1 Å². The second-order valence-electron chi connectivity index (χ2n) is 4.19. The smallest absolute Gasteiger partial charge is 0.165 e.